The fraction of sp³-hybridized carbons (Fsp3) is 0.261. The number of nitrogens with zero attached hydrogens (tertiary/aromatic N) is 1. The largest absolute Gasteiger partial charge is 0.478 e. The van der Waals surface area contributed by atoms with Gasteiger partial charge in [-0.15, -0.1) is 0 Å². The minimum atomic E-state index is -0.995. The van der Waals surface area contributed by atoms with Gasteiger partial charge in [0.05, 0.1) is 11.1 Å². The molecule has 0 fully saturated rings. The van der Waals surface area contributed by atoms with Crippen LogP contribution < -0.4 is 15.6 Å². The number of fused-ring (bicyclic) bond motifs is 2. The Morgan fingerprint density at radius 3 is 2.60 bits per heavy atom. The first-order valence-electron chi connectivity index (χ1n) is 9.96. The average molecular weight is 407 g/mol. The molecule has 0 saturated heterocycles. The van der Waals surface area contributed by atoms with Crippen molar-refractivity contribution >= 4 is 22.7 Å². The standard InChI is InChI=1S/C23H22FN3O3/c1-14(30-20-13-7-4-10-17(20)24)22(28)26-27-23(29)21-15-8-2-5-11-18(15)25-19-12-6-3-9-16(19)21/h2,4-5,7-8,10-11,13-14H,3,6,9,12H2,1H3,(H,26,28)(H,27,29)/t14-/m0/s1. The molecule has 4 rings (SSSR count). The Kier molecular flexibility index (Phi) is 5.61. The topological polar surface area (TPSA) is 80.3 Å². The van der Waals surface area contributed by atoms with Crippen molar-refractivity contribution in [2.75, 3.05) is 0 Å². The van der Waals surface area contributed by atoms with Crippen LogP contribution in [0.1, 0.15) is 41.4 Å². The van der Waals surface area contributed by atoms with E-state index in [2.05, 4.69) is 10.9 Å². The van der Waals surface area contributed by atoms with Crippen molar-refractivity contribution in [3.8, 4) is 5.75 Å². The molecule has 1 aliphatic rings. The lowest BCUT2D eigenvalue weighted by atomic mass is 9.89. The maximum absolute atomic E-state index is 13.7. The van der Waals surface area contributed by atoms with Crippen LogP contribution in [0.4, 0.5) is 4.39 Å². The van der Waals surface area contributed by atoms with Crippen LogP contribution in [0.5, 0.6) is 5.75 Å². The molecule has 0 radical (unpaired) electrons. The lowest BCUT2D eigenvalue weighted by Gasteiger charge is -2.21. The number of halogens is 1. The third kappa shape index (κ3) is 3.96. The quantitative estimate of drug-likeness (QED) is 0.649. The molecule has 2 N–H and O–H groups in total. The number of amides is 2. The molecular weight excluding hydrogens is 385 g/mol. The molecule has 2 aromatic carbocycles. The smallest absolute Gasteiger partial charge is 0.279 e. The third-order valence-electron chi connectivity index (χ3n) is 5.21. The molecule has 2 amide bonds. The molecule has 1 aromatic heterocycles. The number of carbonyl (C=O) groups excluding carboxylic acids is 2. The molecule has 0 saturated carbocycles. The molecule has 0 aliphatic heterocycles. The highest BCUT2D eigenvalue weighted by atomic mass is 19.1. The predicted octanol–water partition coefficient (Wildman–Crippen LogP) is 3.48. The number of para-hydroxylation sites is 2. The summed E-state index contributed by atoms with van der Waals surface area (Å²) in [6.07, 6.45) is 2.65. The molecule has 0 spiro atoms. The fourth-order valence-corrected chi connectivity index (χ4v) is 3.70. The van der Waals surface area contributed by atoms with Crippen molar-refractivity contribution in [3.63, 3.8) is 0 Å². The van der Waals surface area contributed by atoms with E-state index in [1.165, 1.54) is 25.1 Å². The second-order valence-electron chi connectivity index (χ2n) is 7.27. The van der Waals surface area contributed by atoms with E-state index in [9.17, 15) is 14.0 Å². The first-order valence-corrected chi connectivity index (χ1v) is 9.96. The normalized spacial score (nSPS) is 13.9. The van der Waals surface area contributed by atoms with Gasteiger partial charge >= 0.3 is 0 Å². The monoisotopic (exact) mass is 407 g/mol. The van der Waals surface area contributed by atoms with E-state index in [4.69, 9.17) is 9.72 Å². The number of nitrogens with one attached hydrogen (secondary N) is 2. The summed E-state index contributed by atoms with van der Waals surface area (Å²) < 4.78 is 19.1. The molecular formula is C23H22FN3O3. The van der Waals surface area contributed by atoms with Crippen molar-refractivity contribution in [3.05, 3.63) is 71.2 Å². The van der Waals surface area contributed by atoms with Crippen LogP contribution in [0.25, 0.3) is 10.9 Å². The number of carbonyl (C=O) groups is 2. The number of hydrogen-bond acceptors (Lipinski definition) is 4. The third-order valence-corrected chi connectivity index (χ3v) is 5.21. The van der Waals surface area contributed by atoms with E-state index < -0.39 is 23.7 Å². The highest BCUT2D eigenvalue weighted by molar-refractivity contribution is 6.08. The van der Waals surface area contributed by atoms with Gasteiger partial charge in [0, 0.05) is 11.1 Å². The van der Waals surface area contributed by atoms with Gasteiger partial charge in [-0.2, -0.15) is 0 Å². The van der Waals surface area contributed by atoms with Gasteiger partial charge in [-0.25, -0.2) is 4.39 Å². The molecule has 154 valence electrons. The Labute approximate surface area is 173 Å². The van der Waals surface area contributed by atoms with E-state index in [0.717, 1.165) is 47.8 Å². The van der Waals surface area contributed by atoms with Crippen molar-refractivity contribution in [2.24, 2.45) is 0 Å². The zero-order chi connectivity index (χ0) is 21.1. The van der Waals surface area contributed by atoms with Crippen molar-refractivity contribution in [2.45, 2.75) is 38.7 Å². The molecule has 7 heteroatoms. The lowest BCUT2D eigenvalue weighted by Crippen LogP contribution is -2.47. The number of aromatic nitrogens is 1. The molecule has 1 aliphatic carbocycles. The lowest BCUT2D eigenvalue weighted by molar-refractivity contribution is -0.128. The second kappa shape index (κ2) is 8.49. The molecule has 1 heterocycles. The minimum Gasteiger partial charge on any atom is -0.478 e. The van der Waals surface area contributed by atoms with Crippen molar-refractivity contribution < 1.29 is 18.7 Å². The SMILES string of the molecule is C[C@H](Oc1ccccc1F)C(=O)NNC(=O)c1c2c(nc3ccccc13)CCCC2. The number of pyridine rings is 1. The van der Waals surface area contributed by atoms with Gasteiger partial charge in [0.2, 0.25) is 0 Å². The summed E-state index contributed by atoms with van der Waals surface area (Å²) in [5.74, 6) is -1.58. The van der Waals surface area contributed by atoms with Gasteiger partial charge in [0.25, 0.3) is 11.8 Å². The molecule has 3 aromatic rings. The Bertz CT molecular complexity index is 1120. The fourth-order valence-electron chi connectivity index (χ4n) is 3.70. The molecule has 1 atom stereocenters. The summed E-state index contributed by atoms with van der Waals surface area (Å²) in [6, 6.07) is 13.3. The zero-order valence-electron chi connectivity index (χ0n) is 16.6. The van der Waals surface area contributed by atoms with E-state index in [1.54, 1.807) is 6.07 Å². The summed E-state index contributed by atoms with van der Waals surface area (Å²) in [6.45, 7) is 1.48. The Hall–Kier alpha value is -3.48. The first kappa shape index (κ1) is 19.8. The van der Waals surface area contributed by atoms with E-state index in [-0.39, 0.29) is 5.75 Å². The maximum Gasteiger partial charge on any atom is 0.279 e. The molecule has 30 heavy (non-hydrogen) atoms. The minimum absolute atomic E-state index is 0.0272. The van der Waals surface area contributed by atoms with Crippen molar-refractivity contribution in [1.82, 2.24) is 15.8 Å². The first-order chi connectivity index (χ1) is 14.5. The molecule has 0 bridgehead atoms. The Morgan fingerprint density at radius 1 is 1.03 bits per heavy atom. The summed E-state index contributed by atoms with van der Waals surface area (Å²) in [5.41, 5.74) is 8.03. The highest BCUT2D eigenvalue weighted by Gasteiger charge is 2.24. The van der Waals surface area contributed by atoms with Gasteiger partial charge in [0.1, 0.15) is 0 Å². The van der Waals surface area contributed by atoms with Crippen LogP contribution in [-0.2, 0) is 17.6 Å². The number of benzene rings is 2. The van der Waals surface area contributed by atoms with E-state index in [0.29, 0.717) is 5.56 Å². The van der Waals surface area contributed by atoms with Crippen LogP contribution in [0, 0.1) is 5.82 Å². The number of rotatable bonds is 4. The van der Waals surface area contributed by atoms with Gasteiger partial charge in [-0.3, -0.25) is 25.4 Å². The van der Waals surface area contributed by atoms with E-state index in [1.807, 2.05) is 24.3 Å². The van der Waals surface area contributed by atoms with Gasteiger partial charge in [0.15, 0.2) is 17.7 Å². The number of aryl methyl sites for hydroxylation is 1. The summed E-state index contributed by atoms with van der Waals surface area (Å²) in [4.78, 5) is 30.1. The van der Waals surface area contributed by atoms with Gasteiger partial charge in [-0.05, 0) is 56.4 Å². The van der Waals surface area contributed by atoms with Gasteiger partial charge < -0.3 is 4.74 Å². The van der Waals surface area contributed by atoms with Crippen LogP contribution in [-0.4, -0.2) is 22.9 Å². The highest BCUT2D eigenvalue weighted by Crippen LogP contribution is 2.29. The maximum atomic E-state index is 13.7. The Morgan fingerprint density at radius 2 is 1.77 bits per heavy atom. The Balaban J connectivity index is 1.51. The predicted molar refractivity (Wildman–Crippen MR) is 110 cm³/mol. The summed E-state index contributed by atoms with van der Waals surface area (Å²) in [5, 5.41) is 0.751. The number of hydrazine groups is 1. The zero-order valence-corrected chi connectivity index (χ0v) is 16.6. The molecule has 6 nitrogen and oxygen atoms in total. The summed E-state index contributed by atoms with van der Waals surface area (Å²) in [7, 11) is 0. The summed E-state index contributed by atoms with van der Waals surface area (Å²) >= 11 is 0. The number of hydrogen-bond donors (Lipinski definition) is 2. The molecule has 0 unspecified atom stereocenters. The van der Waals surface area contributed by atoms with Gasteiger partial charge in [-0.1, -0.05) is 30.3 Å². The van der Waals surface area contributed by atoms with Crippen LogP contribution >= 0.6 is 0 Å². The van der Waals surface area contributed by atoms with Crippen LogP contribution in [0.15, 0.2) is 48.5 Å². The van der Waals surface area contributed by atoms with E-state index >= 15 is 0 Å². The second-order valence-corrected chi connectivity index (χ2v) is 7.27. The van der Waals surface area contributed by atoms with Crippen LogP contribution in [0.2, 0.25) is 0 Å². The van der Waals surface area contributed by atoms with Crippen LogP contribution in [0.3, 0.4) is 0 Å². The number of ether oxygens (including phenoxy) is 1. The average Bonchev–Trinajstić information content (AvgIpc) is 2.77. The van der Waals surface area contributed by atoms with Crippen molar-refractivity contribution in [1.29, 1.82) is 0 Å².